The summed E-state index contributed by atoms with van der Waals surface area (Å²) in [5, 5.41) is 17.9. The first-order valence-electron chi connectivity index (χ1n) is 12.1. The molecule has 35 heavy (non-hydrogen) atoms. The van der Waals surface area contributed by atoms with E-state index in [0.29, 0.717) is 23.1 Å². The lowest BCUT2D eigenvalue weighted by Gasteiger charge is -2.34. The molecule has 8 heteroatoms. The minimum absolute atomic E-state index is 0.0278. The number of nitrogens with zero attached hydrogens (tertiary/aromatic N) is 5. The van der Waals surface area contributed by atoms with E-state index in [1.165, 1.54) is 19.8 Å². The SMILES string of the molecule is CC=Nc1ccc(-c2ccn3nc(NC4CCC(C)(C)CC4)nc(C#N)c23)cc1C.CCC(F)F. The number of nitriles is 1. The minimum atomic E-state index is -2.12. The first-order chi connectivity index (χ1) is 16.7. The Morgan fingerprint density at radius 3 is 2.54 bits per heavy atom. The van der Waals surface area contributed by atoms with E-state index in [1.807, 2.05) is 38.2 Å². The zero-order valence-electron chi connectivity index (χ0n) is 21.1. The molecule has 1 aromatic carbocycles. The van der Waals surface area contributed by atoms with E-state index in [9.17, 15) is 14.0 Å². The third-order valence-corrected chi connectivity index (χ3v) is 6.37. The summed E-state index contributed by atoms with van der Waals surface area (Å²) in [6.07, 6.45) is 6.11. The number of aromatic nitrogens is 3. The summed E-state index contributed by atoms with van der Waals surface area (Å²) in [6, 6.07) is 10.7. The van der Waals surface area contributed by atoms with E-state index in [0.717, 1.165) is 40.7 Å². The number of nitrogens with one attached hydrogen (secondary N) is 1. The molecule has 1 N–H and O–H groups in total. The topological polar surface area (TPSA) is 78.4 Å². The highest BCUT2D eigenvalue weighted by atomic mass is 19.3. The predicted molar refractivity (Wildman–Crippen MR) is 138 cm³/mol. The van der Waals surface area contributed by atoms with E-state index >= 15 is 0 Å². The second kappa shape index (κ2) is 11.4. The molecule has 0 unspecified atom stereocenters. The van der Waals surface area contributed by atoms with Gasteiger partial charge in [0, 0.05) is 30.4 Å². The Hall–Kier alpha value is -3.34. The van der Waals surface area contributed by atoms with Gasteiger partial charge in [-0.15, -0.1) is 5.10 Å². The van der Waals surface area contributed by atoms with Gasteiger partial charge in [0.25, 0.3) is 0 Å². The fourth-order valence-electron chi connectivity index (χ4n) is 4.23. The van der Waals surface area contributed by atoms with Crippen LogP contribution in [0.3, 0.4) is 0 Å². The average Bonchev–Trinajstić information content (AvgIpc) is 3.26. The molecule has 1 aliphatic rings. The molecule has 3 aromatic rings. The molecule has 2 aromatic heterocycles. The van der Waals surface area contributed by atoms with E-state index in [4.69, 9.17) is 0 Å². The van der Waals surface area contributed by atoms with Gasteiger partial charge >= 0.3 is 0 Å². The van der Waals surface area contributed by atoms with Crippen LogP contribution in [-0.2, 0) is 0 Å². The van der Waals surface area contributed by atoms with Crippen LogP contribution < -0.4 is 5.32 Å². The molecule has 0 spiro atoms. The third kappa shape index (κ3) is 6.62. The van der Waals surface area contributed by atoms with Crippen LogP contribution in [0.2, 0.25) is 0 Å². The zero-order valence-corrected chi connectivity index (χ0v) is 21.1. The van der Waals surface area contributed by atoms with Gasteiger partial charge in [-0.25, -0.2) is 13.3 Å². The Morgan fingerprint density at radius 2 is 1.97 bits per heavy atom. The first-order valence-corrected chi connectivity index (χ1v) is 12.1. The normalized spacial score (nSPS) is 15.7. The van der Waals surface area contributed by atoms with Crippen LogP contribution in [0.25, 0.3) is 16.6 Å². The molecule has 0 radical (unpaired) electrons. The molecule has 4 rings (SSSR count). The van der Waals surface area contributed by atoms with Crippen molar-refractivity contribution in [3.63, 3.8) is 0 Å². The third-order valence-electron chi connectivity index (χ3n) is 6.37. The van der Waals surface area contributed by atoms with Crippen molar-refractivity contribution in [1.29, 1.82) is 5.26 Å². The predicted octanol–water partition coefficient (Wildman–Crippen LogP) is 7.34. The molecule has 1 saturated carbocycles. The van der Waals surface area contributed by atoms with Gasteiger partial charge in [-0.1, -0.05) is 26.8 Å². The number of hydrogen-bond acceptors (Lipinski definition) is 5. The standard InChI is InChI=1S/C24H28N6.C3H6F2/c1-5-26-20-7-6-17(14-16(20)2)19-10-13-30-22(19)21(15-25)28-23(29-30)27-18-8-11-24(3,4)12-9-18;1-2-3(4)5/h5-7,10,13-14,18H,8-9,11-12H2,1-4H3,(H,27,29);3H,2H2,1H3. The summed E-state index contributed by atoms with van der Waals surface area (Å²) in [5.74, 6) is 0.523. The van der Waals surface area contributed by atoms with E-state index < -0.39 is 6.43 Å². The molecule has 186 valence electrons. The highest BCUT2D eigenvalue weighted by Crippen LogP contribution is 2.36. The smallest absolute Gasteiger partial charge is 0.242 e. The van der Waals surface area contributed by atoms with Crippen LogP contribution in [-0.4, -0.2) is 33.3 Å². The number of halogens is 2. The molecule has 6 nitrogen and oxygen atoms in total. The van der Waals surface area contributed by atoms with Crippen molar-refractivity contribution in [3.05, 3.63) is 41.7 Å². The van der Waals surface area contributed by atoms with Crippen LogP contribution in [0.5, 0.6) is 0 Å². The quantitative estimate of drug-likeness (QED) is 0.388. The number of fused-ring (bicyclic) bond motifs is 1. The number of aryl methyl sites for hydroxylation is 1. The van der Waals surface area contributed by atoms with Crippen LogP contribution in [0, 0.1) is 23.7 Å². The summed E-state index contributed by atoms with van der Waals surface area (Å²) in [6.45, 7) is 10.0. The number of alkyl halides is 2. The molecule has 0 atom stereocenters. The van der Waals surface area contributed by atoms with Crippen molar-refractivity contribution < 1.29 is 8.78 Å². The van der Waals surface area contributed by atoms with Gasteiger partial charge in [0.1, 0.15) is 11.6 Å². The summed E-state index contributed by atoms with van der Waals surface area (Å²) in [5.41, 5.74) is 5.54. The second-order valence-corrected chi connectivity index (χ2v) is 9.69. The van der Waals surface area contributed by atoms with Crippen molar-refractivity contribution >= 4 is 23.4 Å². The fraction of sp³-hybridized carbons (Fsp3) is 0.481. The monoisotopic (exact) mass is 480 g/mol. The lowest BCUT2D eigenvalue weighted by Crippen LogP contribution is -2.30. The second-order valence-electron chi connectivity index (χ2n) is 9.69. The number of rotatable bonds is 5. The molecule has 1 fully saturated rings. The van der Waals surface area contributed by atoms with E-state index in [1.54, 1.807) is 10.7 Å². The summed E-state index contributed by atoms with van der Waals surface area (Å²) >= 11 is 0. The lowest BCUT2D eigenvalue weighted by atomic mass is 9.76. The van der Waals surface area contributed by atoms with Gasteiger partial charge in [-0.05, 0) is 74.3 Å². The summed E-state index contributed by atoms with van der Waals surface area (Å²) in [4.78, 5) is 8.94. The van der Waals surface area contributed by atoms with Gasteiger partial charge in [0.15, 0.2) is 5.69 Å². The van der Waals surface area contributed by atoms with Crippen LogP contribution in [0.4, 0.5) is 20.4 Å². The molecule has 2 heterocycles. The Kier molecular flexibility index (Phi) is 8.55. The summed E-state index contributed by atoms with van der Waals surface area (Å²) < 4.78 is 23.3. The highest BCUT2D eigenvalue weighted by Gasteiger charge is 2.27. The lowest BCUT2D eigenvalue weighted by molar-refractivity contribution is 0.144. The van der Waals surface area contributed by atoms with Crippen molar-refractivity contribution in [2.45, 2.75) is 79.2 Å². The number of aliphatic imine (C=N–C) groups is 1. The average molecular weight is 481 g/mol. The number of hydrogen-bond donors (Lipinski definition) is 1. The van der Waals surface area contributed by atoms with Crippen molar-refractivity contribution in [2.24, 2.45) is 10.4 Å². The Bertz CT molecular complexity index is 1210. The summed E-state index contributed by atoms with van der Waals surface area (Å²) in [7, 11) is 0. The van der Waals surface area contributed by atoms with Crippen molar-refractivity contribution in [2.75, 3.05) is 5.32 Å². The Balaban J connectivity index is 0.000000623. The number of benzene rings is 1. The van der Waals surface area contributed by atoms with Gasteiger partial charge in [-0.3, -0.25) is 4.99 Å². The minimum Gasteiger partial charge on any atom is -0.350 e. The Morgan fingerprint density at radius 1 is 1.29 bits per heavy atom. The largest absolute Gasteiger partial charge is 0.350 e. The number of anilines is 1. The highest BCUT2D eigenvalue weighted by molar-refractivity contribution is 5.85. The van der Waals surface area contributed by atoms with Crippen LogP contribution in [0.1, 0.15) is 71.1 Å². The zero-order chi connectivity index (χ0) is 25.6. The maximum atomic E-state index is 10.8. The van der Waals surface area contributed by atoms with Gasteiger partial charge < -0.3 is 5.32 Å². The van der Waals surface area contributed by atoms with Crippen molar-refractivity contribution in [1.82, 2.24) is 14.6 Å². The molecule has 0 amide bonds. The van der Waals surface area contributed by atoms with E-state index in [2.05, 4.69) is 46.4 Å². The maximum Gasteiger partial charge on any atom is 0.242 e. The van der Waals surface area contributed by atoms with Gasteiger partial charge in [0.05, 0.1) is 5.69 Å². The molecule has 0 aliphatic heterocycles. The van der Waals surface area contributed by atoms with Crippen LogP contribution in [0.15, 0.2) is 35.5 Å². The molecule has 1 aliphatic carbocycles. The molecule has 0 bridgehead atoms. The first kappa shape index (κ1) is 26.3. The fourth-order valence-corrected chi connectivity index (χ4v) is 4.23. The van der Waals surface area contributed by atoms with E-state index in [-0.39, 0.29) is 6.42 Å². The van der Waals surface area contributed by atoms with Gasteiger partial charge in [0.2, 0.25) is 12.4 Å². The molecular weight excluding hydrogens is 446 g/mol. The van der Waals surface area contributed by atoms with Crippen LogP contribution >= 0.6 is 0 Å². The Labute approximate surface area is 206 Å². The maximum absolute atomic E-state index is 10.8. The molecule has 0 saturated heterocycles. The molecular formula is C27H34F2N6. The van der Waals surface area contributed by atoms with Crippen molar-refractivity contribution in [3.8, 4) is 17.2 Å². The van der Waals surface area contributed by atoms with Gasteiger partial charge in [-0.2, -0.15) is 10.2 Å².